The second-order valence-electron chi connectivity index (χ2n) is 6.04. The zero-order chi connectivity index (χ0) is 17.6. The van der Waals surface area contributed by atoms with E-state index in [9.17, 15) is 13.5 Å². The molecule has 5 N–H and O–H groups in total. The van der Waals surface area contributed by atoms with Crippen LogP contribution in [0.4, 0.5) is 0 Å². The van der Waals surface area contributed by atoms with E-state index in [1.165, 1.54) is 6.07 Å². The van der Waals surface area contributed by atoms with Gasteiger partial charge in [-0.25, -0.2) is 18.5 Å². The fourth-order valence-electron chi connectivity index (χ4n) is 2.72. The number of aliphatic hydroxyl groups is 1. The highest BCUT2D eigenvalue weighted by Gasteiger charge is 2.19. The summed E-state index contributed by atoms with van der Waals surface area (Å²) in [6.07, 6.45) is 3.23. The monoisotopic (exact) mass is 482 g/mol. The van der Waals surface area contributed by atoms with Crippen molar-refractivity contribution in [1.82, 2.24) is 10.6 Å². The molecule has 0 atom stereocenters. The fraction of sp³-hybridized carbons (Fsp3) is 0.562. The molecule has 142 valence electrons. The third kappa shape index (κ3) is 7.47. The van der Waals surface area contributed by atoms with Gasteiger partial charge in [-0.3, -0.25) is 0 Å². The van der Waals surface area contributed by atoms with Gasteiger partial charge < -0.3 is 15.7 Å². The van der Waals surface area contributed by atoms with E-state index in [1.807, 2.05) is 13.0 Å². The number of sulfonamides is 1. The minimum Gasteiger partial charge on any atom is -0.393 e. The van der Waals surface area contributed by atoms with Crippen LogP contribution < -0.4 is 15.8 Å². The molecule has 0 bridgehead atoms. The van der Waals surface area contributed by atoms with Crippen molar-refractivity contribution in [3.8, 4) is 0 Å². The van der Waals surface area contributed by atoms with Gasteiger partial charge in [-0.2, -0.15) is 0 Å². The van der Waals surface area contributed by atoms with E-state index < -0.39 is 10.0 Å². The Morgan fingerprint density at radius 2 is 2.00 bits per heavy atom. The van der Waals surface area contributed by atoms with Gasteiger partial charge in [-0.15, -0.1) is 24.0 Å². The van der Waals surface area contributed by atoms with Gasteiger partial charge in [0.05, 0.1) is 17.5 Å². The van der Waals surface area contributed by atoms with Crippen molar-refractivity contribution in [1.29, 1.82) is 0 Å². The predicted molar refractivity (Wildman–Crippen MR) is 109 cm³/mol. The van der Waals surface area contributed by atoms with Crippen LogP contribution >= 0.6 is 24.0 Å². The van der Waals surface area contributed by atoms with E-state index >= 15 is 0 Å². The third-order valence-corrected chi connectivity index (χ3v) is 4.94. The lowest BCUT2D eigenvalue weighted by Crippen LogP contribution is -2.45. The van der Waals surface area contributed by atoms with Crippen LogP contribution in [-0.4, -0.2) is 38.2 Å². The lowest BCUT2D eigenvalue weighted by molar-refractivity contribution is 0.120. The maximum atomic E-state index is 11.4. The quantitative estimate of drug-likeness (QED) is 0.287. The average molecular weight is 482 g/mol. The number of nitrogens with zero attached hydrogens (tertiary/aromatic N) is 1. The zero-order valence-electron chi connectivity index (χ0n) is 14.3. The molecule has 2 rings (SSSR count). The van der Waals surface area contributed by atoms with Crippen LogP contribution in [-0.2, 0) is 16.6 Å². The van der Waals surface area contributed by atoms with Crippen molar-refractivity contribution in [2.45, 2.75) is 56.2 Å². The summed E-state index contributed by atoms with van der Waals surface area (Å²) in [5.41, 5.74) is 0.776. The first-order chi connectivity index (χ1) is 11.4. The molecule has 0 unspecified atom stereocenters. The van der Waals surface area contributed by atoms with Crippen LogP contribution in [0.25, 0.3) is 0 Å². The van der Waals surface area contributed by atoms with Crippen molar-refractivity contribution < 1.29 is 13.5 Å². The molecule has 1 aliphatic rings. The zero-order valence-corrected chi connectivity index (χ0v) is 17.5. The number of halogens is 1. The highest BCUT2D eigenvalue weighted by atomic mass is 127. The molecule has 1 aliphatic carbocycles. The molecule has 0 spiro atoms. The molecule has 0 saturated heterocycles. The number of nitrogens with one attached hydrogen (secondary N) is 2. The predicted octanol–water partition coefficient (Wildman–Crippen LogP) is 1.31. The van der Waals surface area contributed by atoms with Gasteiger partial charge in [0, 0.05) is 12.6 Å². The molecule has 0 aliphatic heterocycles. The minimum atomic E-state index is -3.71. The number of aliphatic hydroxyl groups excluding tert-OH is 1. The normalized spacial score (nSPS) is 21.3. The Morgan fingerprint density at radius 1 is 1.32 bits per heavy atom. The number of rotatable bonds is 5. The Labute approximate surface area is 166 Å². The first-order valence-electron chi connectivity index (χ1n) is 8.23. The summed E-state index contributed by atoms with van der Waals surface area (Å²) in [4.78, 5) is 4.61. The van der Waals surface area contributed by atoms with Crippen LogP contribution in [0.15, 0.2) is 34.2 Å². The smallest absolute Gasteiger partial charge is 0.238 e. The first-order valence-corrected chi connectivity index (χ1v) is 9.77. The molecular formula is C16H27IN4O3S. The van der Waals surface area contributed by atoms with Gasteiger partial charge in [0.25, 0.3) is 0 Å². The lowest BCUT2D eigenvalue weighted by Gasteiger charge is -2.27. The van der Waals surface area contributed by atoms with Crippen molar-refractivity contribution in [2.75, 3.05) is 6.54 Å². The molecule has 25 heavy (non-hydrogen) atoms. The maximum absolute atomic E-state index is 11.4. The number of hydrogen-bond donors (Lipinski definition) is 4. The first kappa shape index (κ1) is 22.1. The van der Waals surface area contributed by atoms with Crippen molar-refractivity contribution in [3.05, 3.63) is 29.8 Å². The molecule has 1 aromatic carbocycles. The Kier molecular flexibility index (Phi) is 9.11. The van der Waals surface area contributed by atoms with Crippen LogP contribution in [0, 0.1) is 0 Å². The van der Waals surface area contributed by atoms with Crippen molar-refractivity contribution in [3.63, 3.8) is 0 Å². The number of nitrogens with two attached hydrogens (primary N) is 1. The molecule has 9 heteroatoms. The molecule has 0 heterocycles. The molecule has 1 aromatic rings. The molecule has 0 aromatic heterocycles. The van der Waals surface area contributed by atoms with E-state index in [2.05, 4.69) is 15.6 Å². The molecule has 0 amide bonds. The van der Waals surface area contributed by atoms with E-state index in [-0.39, 0.29) is 35.0 Å². The molecule has 0 radical (unpaired) electrons. The summed E-state index contributed by atoms with van der Waals surface area (Å²) in [6.45, 7) is 3.08. The number of hydrogen-bond acceptors (Lipinski definition) is 4. The van der Waals surface area contributed by atoms with Gasteiger partial charge in [0.15, 0.2) is 5.96 Å². The average Bonchev–Trinajstić information content (AvgIpc) is 2.54. The van der Waals surface area contributed by atoms with Crippen LogP contribution in [0.1, 0.15) is 38.2 Å². The van der Waals surface area contributed by atoms with Gasteiger partial charge in [0.2, 0.25) is 10.0 Å². The second-order valence-corrected chi connectivity index (χ2v) is 7.60. The Hall–Kier alpha value is -0.910. The van der Waals surface area contributed by atoms with Gasteiger partial charge in [-0.1, -0.05) is 12.1 Å². The fourth-order valence-corrected chi connectivity index (χ4v) is 3.31. The molecular weight excluding hydrogens is 455 g/mol. The summed E-state index contributed by atoms with van der Waals surface area (Å²) in [7, 11) is -3.71. The second kappa shape index (κ2) is 10.3. The van der Waals surface area contributed by atoms with Gasteiger partial charge in [-0.05, 0) is 50.3 Å². The summed E-state index contributed by atoms with van der Waals surface area (Å²) in [5.74, 6) is 0.694. The summed E-state index contributed by atoms with van der Waals surface area (Å²) in [6, 6.07) is 6.78. The Morgan fingerprint density at radius 3 is 2.60 bits per heavy atom. The SMILES string of the molecule is CCNC(=NCc1cccc(S(N)(=O)=O)c1)NC1CCC(O)CC1.I. The largest absolute Gasteiger partial charge is 0.393 e. The van der Waals surface area contributed by atoms with E-state index in [1.54, 1.807) is 12.1 Å². The Balaban J connectivity index is 0.00000312. The number of guanidine groups is 1. The maximum Gasteiger partial charge on any atom is 0.238 e. The van der Waals surface area contributed by atoms with Crippen LogP contribution in [0.5, 0.6) is 0 Å². The minimum absolute atomic E-state index is 0. The van der Waals surface area contributed by atoms with Crippen LogP contribution in [0.2, 0.25) is 0 Å². The number of primary sulfonamides is 1. The third-order valence-electron chi connectivity index (χ3n) is 4.03. The summed E-state index contributed by atoms with van der Waals surface area (Å²) >= 11 is 0. The Bertz CT molecular complexity index is 674. The number of benzene rings is 1. The van der Waals surface area contributed by atoms with E-state index in [0.717, 1.165) is 37.8 Å². The highest BCUT2D eigenvalue weighted by molar-refractivity contribution is 14.0. The highest BCUT2D eigenvalue weighted by Crippen LogP contribution is 2.18. The molecule has 1 fully saturated rings. The van der Waals surface area contributed by atoms with Crippen molar-refractivity contribution in [2.24, 2.45) is 10.1 Å². The van der Waals surface area contributed by atoms with Gasteiger partial charge >= 0.3 is 0 Å². The van der Waals surface area contributed by atoms with Crippen molar-refractivity contribution >= 4 is 40.0 Å². The summed E-state index contributed by atoms with van der Waals surface area (Å²) in [5, 5.41) is 21.3. The molecule has 1 saturated carbocycles. The molecule has 7 nitrogen and oxygen atoms in total. The topological polar surface area (TPSA) is 117 Å². The number of aliphatic imine (C=N–C) groups is 1. The lowest BCUT2D eigenvalue weighted by atomic mass is 9.93. The van der Waals surface area contributed by atoms with E-state index in [0.29, 0.717) is 18.5 Å². The summed E-state index contributed by atoms with van der Waals surface area (Å²) < 4.78 is 22.8. The standard InChI is InChI=1S/C16H26N4O3S.HI/c1-2-18-16(20-13-6-8-14(21)9-7-13)19-11-12-4-3-5-15(10-12)24(17,22)23;/h3-5,10,13-14,21H,2,6-9,11H2,1H3,(H2,17,22,23)(H2,18,19,20);1H. The van der Waals surface area contributed by atoms with E-state index in [4.69, 9.17) is 5.14 Å². The van der Waals surface area contributed by atoms with Gasteiger partial charge in [0.1, 0.15) is 0 Å². The van der Waals surface area contributed by atoms with Crippen LogP contribution in [0.3, 0.4) is 0 Å².